The van der Waals surface area contributed by atoms with Crippen LogP contribution in [0, 0.1) is 0 Å². The summed E-state index contributed by atoms with van der Waals surface area (Å²) < 4.78 is 62.3. The number of benzene rings is 1. The molecule has 0 saturated carbocycles. The van der Waals surface area contributed by atoms with Crippen molar-refractivity contribution in [1.29, 1.82) is 0 Å². The summed E-state index contributed by atoms with van der Waals surface area (Å²) in [6, 6.07) is 4.66. The molecule has 2 aromatic rings. The van der Waals surface area contributed by atoms with Crippen LogP contribution in [0.25, 0.3) is 0 Å². The standard InChI is InChI=1S/C12H10BrF3N2O2S2/c13-9-3-4-21-10(9)6-18-7-1-2-11(22(17,19)20)8(5-7)12(14,15)16/h1-5,18H,6H2,(H2,17,19,20). The highest BCUT2D eigenvalue weighted by molar-refractivity contribution is 9.10. The Balaban J connectivity index is 2.33. The SMILES string of the molecule is NS(=O)(=O)c1ccc(NCc2sccc2Br)cc1C(F)(F)F. The number of thiophene rings is 1. The highest BCUT2D eigenvalue weighted by atomic mass is 79.9. The summed E-state index contributed by atoms with van der Waals surface area (Å²) in [4.78, 5) is -0.0352. The molecule has 0 radical (unpaired) electrons. The summed E-state index contributed by atoms with van der Waals surface area (Å²) in [6.07, 6.45) is -4.82. The molecule has 10 heteroatoms. The lowest BCUT2D eigenvalue weighted by Crippen LogP contribution is -2.19. The van der Waals surface area contributed by atoms with Crippen LogP contribution in [-0.4, -0.2) is 8.42 Å². The average Bonchev–Trinajstić information content (AvgIpc) is 2.79. The Labute approximate surface area is 137 Å². The number of hydrogen-bond donors (Lipinski definition) is 2. The van der Waals surface area contributed by atoms with Gasteiger partial charge >= 0.3 is 6.18 Å². The van der Waals surface area contributed by atoms with Crippen molar-refractivity contribution in [3.05, 3.63) is 44.6 Å². The van der Waals surface area contributed by atoms with Gasteiger partial charge in [-0.05, 0) is 45.6 Å². The molecule has 0 amide bonds. The Morgan fingerprint density at radius 1 is 1.27 bits per heavy atom. The highest BCUT2D eigenvalue weighted by Crippen LogP contribution is 2.35. The molecule has 0 unspecified atom stereocenters. The molecule has 3 N–H and O–H groups in total. The number of primary sulfonamides is 1. The average molecular weight is 415 g/mol. The maximum Gasteiger partial charge on any atom is 0.417 e. The van der Waals surface area contributed by atoms with E-state index in [0.29, 0.717) is 6.54 Å². The van der Waals surface area contributed by atoms with Crippen LogP contribution in [0.2, 0.25) is 0 Å². The van der Waals surface area contributed by atoms with E-state index < -0.39 is 26.7 Å². The number of hydrogen-bond acceptors (Lipinski definition) is 4. The number of nitrogens with two attached hydrogens (primary N) is 1. The third-order valence-electron chi connectivity index (χ3n) is 2.74. The van der Waals surface area contributed by atoms with Crippen molar-refractivity contribution >= 4 is 43.0 Å². The quantitative estimate of drug-likeness (QED) is 0.799. The van der Waals surface area contributed by atoms with E-state index in [0.717, 1.165) is 21.5 Å². The van der Waals surface area contributed by atoms with E-state index in [1.54, 1.807) is 0 Å². The lowest BCUT2D eigenvalue weighted by atomic mass is 10.2. The molecule has 1 aromatic heterocycles. The van der Waals surface area contributed by atoms with Gasteiger partial charge in [-0.25, -0.2) is 13.6 Å². The van der Waals surface area contributed by atoms with E-state index in [1.807, 2.05) is 11.4 Å². The van der Waals surface area contributed by atoms with E-state index >= 15 is 0 Å². The van der Waals surface area contributed by atoms with Gasteiger partial charge in [0, 0.05) is 15.0 Å². The first-order valence-electron chi connectivity index (χ1n) is 5.79. The van der Waals surface area contributed by atoms with Crippen molar-refractivity contribution in [2.45, 2.75) is 17.6 Å². The maximum atomic E-state index is 13.0. The lowest BCUT2D eigenvalue weighted by Gasteiger charge is -2.14. The second-order valence-corrected chi connectivity index (χ2v) is 7.68. The fourth-order valence-corrected chi connectivity index (χ4v) is 3.91. The summed E-state index contributed by atoms with van der Waals surface area (Å²) >= 11 is 4.76. The van der Waals surface area contributed by atoms with Gasteiger partial charge in [-0.1, -0.05) is 0 Å². The Kier molecular flexibility index (Phi) is 4.85. The fourth-order valence-electron chi connectivity index (χ4n) is 1.74. The van der Waals surface area contributed by atoms with E-state index in [4.69, 9.17) is 5.14 Å². The summed E-state index contributed by atoms with van der Waals surface area (Å²) in [5.74, 6) is 0. The van der Waals surface area contributed by atoms with Gasteiger partial charge < -0.3 is 5.32 Å². The minimum Gasteiger partial charge on any atom is -0.380 e. The predicted octanol–water partition coefficient (Wildman–Crippen LogP) is 3.79. The molecule has 0 bridgehead atoms. The topological polar surface area (TPSA) is 72.2 Å². The van der Waals surface area contributed by atoms with Crippen LogP contribution in [-0.2, 0) is 22.7 Å². The number of nitrogens with one attached hydrogen (secondary N) is 1. The first-order chi connectivity index (χ1) is 10.1. The summed E-state index contributed by atoms with van der Waals surface area (Å²) in [6.45, 7) is 0.310. The first-order valence-corrected chi connectivity index (χ1v) is 9.01. The molecule has 4 nitrogen and oxygen atoms in total. The minimum absolute atomic E-state index is 0.153. The number of halogens is 4. The molecule has 0 aliphatic rings. The second-order valence-electron chi connectivity index (χ2n) is 4.30. The van der Waals surface area contributed by atoms with Crippen LogP contribution >= 0.6 is 27.3 Å². The highest BCUT2D eigenvalue weighted by Gasteiger charge is 2.36. The van der Waals surface area contributed by atoms with E-state index in [9.17, 15) is 21.6 Å². The normalized spacial score (nSPS) is 12.4. The molecule has 0 fully saturated rings. The number of anilines is 1. The molecular weight excluding hydrogens is 405 g/mol. The Bertz CT molecular complexity index is 788. The molecule has 1 aromatic carbocycles. The predicted molar refractivity (Wildman–Crippen MR) is 82.2 cm³/mol. The van der Waals surface area contributed by atoms with Gasteiger partial charge in [-0.3, -0.25) is 0 Å². The molecule has 0 atom stereocenters. The third-order valence-corrected chi connectivity index (χ3v) is 5.63. The lowest BCUT2D eigenvalue weighted by molar-refractivity contribution is -0.139. The molecule has 0 aliphatic heterocycles. The van der Waals surface area contributed by atoms with Gasteiger partial charge in [0.25, 0.3) is 0 Å². The van der Waals surface area contributed by atoms with Crippen molar-refractivity contribution in [2.24, 2.45) is 5.14 Å². The van der Waals surface area contributed by atoms with Gasteiger partial charge in [-0.15, -0.1) is 11.3 Å². The Hall–Kier alpha value is -1.10. The van der Waals surface area contributed by atoms with Crippen molar-refractivity contribution in [3.8, 4) is 0 Å². The molecule has 120 valence electrons. The zero-order valence-electron chi connectivity index (χ0n) is 10.8. The van der Waals surface area contributed by atoms with E-state index in [1.165, 1.54) is 17.4 Å². The zero-order chi connectivity index (χ0) is 16.5. The molecule has 0 spiro atoms. The van der Waals surface area contributed by atoms with Crippen LogP contribution in [0.5, 0.6) is 0 Å². The number of alkyl halides is 3. The Morgan fingerprint density at radius 3 is 2.45 bits per heavy atom. The number of sulfonamides is 1. The maximum absolute atomic E-state index is 13.0. The third kappa shape index (κ3) is 4.00. The van der Waals surface area contributed by atoms with Crippen LogP contribution in [0.15, 0.2) is 39.0 Å². The molecule has 2 rings (SSSR count). The van der Waals surface area contributed by atoms with E-state index in [-0.39, 0.29) is 5.69 Å². The Morgan fingerprint density at radius 2 is 1.95 bits per heavy atom. The molecule has 0 saturated heterocycles. The molecule has 22 heavy (non-hydrogen) atoms. The van der Waals surface area contributed by atoms with Gasteiger partial charge in [0.2, 0.25) is 10.0 Å². The minimum atomic E-state index is -4.82. The van der Waals surface area contributed by atoms with Crippen LogP contribution in [0.3, 0.4) is 0 Å². The van der Waals surface area contributed by atoms with Crippen molar-refractivity contribution < 1.29 is 21.6 Å². The molecular formula is C12H10BrF3N2O2S2. The van der Waals surface area contributed by atoms with Crippen LogP contribution in [0.1, 0.15) is 10.4 Å². The monoisotopic (exact) mass is 414 g/mol. The molecule has 0 aliphatic carbocycles. The van der Waals surface area contributed by atoms with E-state index in [2.05, 4.69) is 21.2 Å². The fraction of sp³-hybridized carbons (Fsp3) is 0.167. The first kappa shape index (κ1) is 17.3. The van der Waals surface area contributed by atoms with Gasteiger partial charge in [0.1, 0.15) is 0 Å². The summed E-state index contributed by atoms with van der Waals surface area (Å²) in [5, 5.41) is 9.49. The smallest absolute Gasteiger partial charge is 0.380 e. The van der Waals surface area contributed by atoms with Crippen LogP contribution < -0.4 is 10.5 Å². The largest absolute Gasteiger partial charge is 0.417 e. The van der Waals surface area contributed by atoms with Gasteiger partial charge in [-0.2, -0.15) is 13.2 Å². The zero-order valence-corrected chi connectivity index (χ0v) is 14.0. The van der Waals surface area contributed by atoms with Crippen LogP contribution in [0.4, 0.5) is 18.9 Å². The van der Waals surface area contributed by atoms with Gasteiger partial charge in [0.05, 0.1) is 17.0 Å². The molecule has 1 heterocycles. The van der Waals surface area contributed by atoms with Gasteiger partial charge in [0.15, 0.2) is 0 Å². The van der Waals surface area contributed by atoms with Crippen molar-refractivity contribution in [1.82, 2.24) is 0 Å². The summed E-state index contributed by atoms with van der Waals surface area (Å²) in [5.41, 5.74) is -1.13. The van der Waals surface area contributed by atoms with Crippen molar-refractivity contribution in [3.63, 3.8) is 0 Å². The summed E-state index contributed by atoms with van der Waals surface area (Å²) in [7, 11) is -4.45. The van der Waals surface area contributed by atoms with Crippen molar-refractivity contribution in [2.75, 3.05) is 5.32 Å². The second kappa shape index (κ2) is 6.19. The number of rotatable bonds is 4.